The third-order valence-corrected chi connectivity index (χ3v) is 4.59. The number of nitrogens with zero attached hydrogens (tertiary/aromatic N) is 1. The number of hydrogen-bond acceptors (Lipinski definition) is 3. The molecule has 0 bridgehead atoms. The minimum Gasteiger partial charge on any atom is -0.384 e. The Balaban J connectivity index is 2.21. The van der Waals surface area contributed by atoms with Crippen molar-refractivity contribution in [3.8, 4) is 0 Å². The van der Waals surface area contributed by atoms with Gasteiger partial charge in [-0.2, -0.15) is 0 Å². The average Bonchev–Trinajstić information content (AvgIpc) is 2.47. The van der Waals surface area contributed by atoms with Gasteiger partial charge in [-0.1, -0.05) is 40.2 Å². The fourth-order valence-corrected chi connectivity index (χ4v) is 3.72. The van der Waals surface area contributed by atoms with Crippen LogP contribution in [-0.2, 0) is 0 Å². The molecule has 2 nitrogen and oxygen atoms in total. The number of para-hydroxylation sites is 1. The van der Waals surface area contributed by atoms with E-state index in [4.69, 9.17) is 0 Å². The van der Waals surface area contributed by atoms with Crippen molar-refractivity contribution < 1.29 is 5.11 Å². The van der Waals surface area contributed by atoms with E-state index >= 15 is 0 Å². The van der Waals surface area contributed by atoms with Crippen LogP contribution in [0.3, 0.4) is 0 Å². The molecule has 1 heterocycles. The van der Waals surface area contributed by atoms with E-state index in [1.807, 2.05) is 49.5 Å². The molecule has 0 amide bonds. The summed E-state index contributed by atoms with van der Waals surface area (Å²) in [5, 5.41) is 10.5. The number of aliphatic hydroxyl groups is 1. The predicted octanol–water partition coefficient (Wildman–Crippen LogP) is 3.99. The highest BCUT2D eigenvalue weighted by Crippen LogP contribution is 2.43. The van der Waals surface area contributed by atoms with Gasteiger partial charge in [-0.05, 0) is 30.1 Å². The first-order chi connectivity index (χ1) is 8.66. The molecule has 3 rings (SSSR count). The summed E-state index contributed by atoms with van der Waals surface area (Å²) in [5.41, 5.74) is 2.97. The smallest absolute Gasteiger partial charge is 0.107 e. The zero-order chi connectivity index (χ0) is 12.7. The van der Waals surface area contributed by atoms with Crippen molar-refractivity contribution in [1.82, 2.24) is 0 Å². The fraction of sp³-hybridized carbons (Fsp3) is 0.143. The van der Waals surface area contributed by atoms with Gasteiger partial charge in [0.2, 0.25) is 0 Å². The van der Waals surface area contributed by atoms with Crippen molar-refractivity contribution in [2.24, 2.45) is 0 Å². The van der Waals surface area contributed by atoms with Gasteiger partial charge in [-0.3, -0.25) is 0 Å². The Morgan fingerprint density at radius 2 is 1.94 bits per heavy atom. The van der Waals surface area contributed by atoms with Crippen molar-refractivity contribution in [2.45, 2.75) is 11.0 Å². The van der Waals surface area contributed by atoms with Crippen LogP contribution in [0.4, 0.5) is 5.69 Å². The van der Waals surface area contributed by atoms with Crippen LogP contribution in [0.15, 0.2) is 51.8 Å². The van der Waals surface area contributed by atoms with Crippen LogP contribution in [0.5, 0.6) is 0 Å². The summed E-state index contributed by atoms with van der Waals surface area (Å²) in [5.74, 6) is 0. The molecule has 18 heavy (non-hydrogen) atoms. The summed E-state index contributed by atoms with van der Waals surface area (Å²) in [6.45, 7) is 0. The molecule has 0 radical (unpaired) electrons. The third kappa shape index (κ3) is 1.94. The van der Waals surface area contributed by atoms with E-state index < -0.39 is 6.10 Å². The maximum Gasteiger partial charge on any atom is 0.107 e. The number of rotatable bonds is 0. The van der Waals surface area contributed by atoms with E-state index in [9.17, 15) is 5.11 Å². The van der Waals surface area contributed by atoms with Crippen LogP contribution in [-0.4, -0.2) is 12.2 Å². The molecule has 1 aliphatic heterocycles. The van der Waals surface area contributed by atoms with E-state index in [1.165, 1.54) is 0 Å². The number of anilines is 1. The molecule has 92 valence electrons. The average molecular weight is 322 g/mol. The lowest BCUT2D eigenvalue weighted by Gasteiger charge is -2.18. The van der Waals surface area contributed by atoms with Gasteiger partial charge >= 0.3 is 0 Å². The molecule has 0 aromatic heterocycles. The normalized spacial score (nSPS) is 17.9. The van der Waals surface area contributed by atoms with Gasteiger partial charge in [-0.25, -0.2) is 0 Å². The third-order valence-electron chi connectivity index (χ3n) is 3.08. The Labute approximate surface area is 119 Å². The molecule has 1 aliphatic rings. The number of hydrogen-bond donors (Lipinski definition) is 1. The molecule has 1 N–H and O–H groups in total. The molecule has 0 saturated carbocycles. The molecule has 4 heteroatoms. The number of benzene rings is 2. The minimum atomic E-state index is -0.568. The lowest BCUT2D eigenvalue weighted by Crippen LogP contribution is -2.07. The van der Waals surface area contributed by atoms with Crippen LogP contribution in [0.25, 0.3) is 0 Å². The molecular formula is C14H12BrNOS. The Kier molecular flexibility index (Phi) is 3.09. The maximum absolute atomic E-state index is 10.5. The van der Waals surface area contributed by atoms with Gasteiger partial charge in [0.25, 0.3) is 0 Å². The van der Waals surface area contributed by atoms with Crippen LogP contribution in [0.2, 0.25) is 0 Å². The summed E-state index contributed by atoms with van der Waals surface area (Å²) in [6, 6.07) is 14.0. The van der Waals surface area contributed by atoms with Gasteiger partial charge in [0, 0.05) is 27.5 Å². The molecule has 1 atom stereocenters. The van der Waals surface area contributed by atoms with Crippen molar-refractivity contribution >= 4 is 33.6 Å². The quantitative estimate of drug-likeness (QED) is 0.742. The highest BCUT2D eigenvalue weighted by molar-refractivity contribution is 9.10. The van der Waals surface area contributed by atoms with Crippen molar-refractivity contribution in [1.29, 1.82) is 0 Å². The van der Waals surface area contributed by atoms with Crippen LogP contribution in [0, 0.1) is 0 Å². The topological polar surface area (TPSA) is 23.5 Å². The number of aliphatic hydroxyl groups excluding tert-OH is 1. The van der Waals surface area contributed by atoms with Gasteiger partial charge in [0.05, 0.1) is 5.69 Å². The Morgan fingerprint density at radius 3 is 2.78 bits per heavy atom. The molecule has 0 aliphatic carbocycles. The van der Waals surface area contributed by atoms with Crippen LogP contribution < -0.4 is 4.31 Å². The molecule has 0 spiro atoms. The Bertz CT molecular complexity index is 602. The summed E-state index contributed by atoms with van der Waals surface area (Å²) in [7, 11) is 2.02. The summed E-state index contributed by atoms with van der Waals surface area (Å²) < 4.78 is 3.12. The zero-order valence-electron chi connectivity index (χ0n) is 9.80. The summed E-state index contributed by atoms with van der Waals surface area (Å²) in [6.07, 6.45) is -0.568. The lowest BCUT2D eigenvalue weighted by molar-refractivity contribution is 0.218. The summed E-state index contributed by atoms with van der Waals surface area (Å²) >= 11 is 5.11. The first-order valence-electron chi connectivity index (χ1n) is 5.65. The van der Waals surface area contributed by atoms with E-state index in [2.05, 4.69) is 20.2 Å². The molecule has 2 aromatic carbocycles. The summed E-state index contributed by atoms with van der Waals surface area (Å²) in [4.78, 5) is 1.08. The van der Waals surface area contributed by atoms with Gasteiger partial charge in [-0.15, -0.1) is 0 Å². The SMILES string of the molecule is CN1Sc2cc(Br)ccc2C(O)c2ccccc21. The zero-order valence-corrected chi connectivity index (χ0v) is 12.2. The second-order valence-corrected chi connectivity index (χ2v) is 6.32. The van der Waals surface area contributed by atoms with Crippen molar-refractivity contribution in [3.05, 3.63) is 58.1 Å². The lowest BCUT2D eigenvalue weighted by atomic mass is 10.00. The van der Waals surface area contributed by atoms with E-state index in [-0.39, 0.29) is 0 Å². The number of halogens is 1. The Hall–Kier alpha value is -0.970. The van der Waals surface area contributed by atoms with Gasteiger partial charge < -0.3 is 9.41 Å². The molecular weight excluding hydrogens is 310 g/mol. The van der Waals surface area contributed by atoms with Crippen molar-refractivity contribution in [3.63, 3.8) is 0 Å². The van der Waals surface area contributed by atoms with Gasteiger partial charge in [0.1, 0.15) is 6.10 Å². The second-order valence-electron chi connectivity index (χ2n) is 4.23. The van der Waals surface area contributed by atoms with Gasteiger partial charge in [0.15, 0.2) is 0 Å². The van der Waals surface area contributed by atoms with E-state index in [0.29, 0.717) is 0 Å². The molecule has 0 fully saturated rings. The fourth-order valence-electron chi connectivity index (χ4n) is 2.18. The first-order valence-corrected chi connectivity index (χ1v) is 7.21. The monoisotopic (exact) mass is 321 g/mol. The first kappa shape index (κ1) is 12.1. The van der Waals surface area contributed by atoms with Crippen LogP contribution >= 0.6 is 27.9 Å². The largest absolute Gasteiger partial charge is 0.384 e. The standard InChI is InChI=1S/C14H12BrNOS/c1-16-12-5-3-2-4-10(12)14(17)11-7-6-9(15)8-13(11)18-16/h2-8,14,17H,1H3. The molecule has 1 unspecified atom stereocenters. The highest BCUT2D eigenvalue weighted by Gasteiger charge is 2.24. The van der Waals surface area contributed by atoms with Crippen molar-refractivity contribution in [2.75, 3.05) is 11.4 Å². The van der Waals surface area contributed by atoms with E-state index in [1.54, 1.807) is 11.9 Å². The maximum atomic E-state index is 10.5. The van der Waals surface area contributed by atoms with E-state index in [0.717, 1.165) is 26.2 Å². The highest BCUT2D eigenvalue weighted by atomic mass is 79.9. The number of fused-ring (bicyclic) bond motifs is 2. The van der Waals surface area contributed by atoms with Crippen LogP contribution in [0.1, 0.15) is 17.2 Å². The minimum absolute atomic E-state index is 0.568. The predicted molar refractivity (Wildman–Crippen MR) is 78.9 cm³/mol. The molecule has 2 aromatic rings. The molecule has 0 saturated heterocycles. The second kappa shape index (κ2) is 4.61. The Morgan fingerprint density at radius 1 is 1.17 bits per heavy atom.